The summed E-state index contributed by atoms with van der Waals surface area (Å²) in [6, 6.07) is 12.2. The van der Waals surface area contributed by atoms with Gasteiger partial charge in [0.25, 0.3) is 4.90 Å². The highest BCUT2D eigenvalue weighted by Gasteiger charge is 2.34. The van der Waals surface area contributed by atoms with Crippen molar-refractivity contribution in [3.63, 3.8) is 0 Å². The van der Waals surface area contributed by atoms with E-state index < -0.39 is 51.2 Å². The summed E-state index contributed by atoms with van der Waals surface area (Å²) in [5.74, 6) is -11.5. The van der Waals surface area contributed by atoms with Gasteiger partial charge in [-0.15, -0.1) is 0 Å². The molecule has 0 saturated carbocycles. The number of benzene rings is 3. The van der Waals surface area contributed by atoms with Crippen molar-refractivity contribution in [3.05, 3.63) is 89.6 Å². The van der Waals surface area contributed by atoms with Gasteiger partial charge in [-0.05, 0) is 48.5 Å². The second-order valence-electron chi connectivity index (χ2n) is 7.85. The van der Waals surface area contributed by atoms with Crippen LogP contribution in [0.1, 0.15) is 0 Å². The fraction of sp³-hybridized carbons (Fsp3) is 0.120. The second kappa shape index (κ2) is 12.8. The Balaban J connectivity index is 1.42. The van der Waals surface area contributed by atoms with Gasteiger partial charge < -0.3 is 24.7 Å². The van der Waals surface area contributed by atoms with Crippen molar-refractivity contribution < 1.29 is 40.4 Å². The Bertz CT molecular complexity index is 1450. The molecule has 0 aliphatic rings. The van der Waals surface area contributed by atoms with Crippen LogP contribution in [0.15, 0.2) is 59.6 Å². The topological polar surface area (TPSA) is 103 Å². The summed E-state index contributed by atoms with van der Waals surface area (Å²) in [4.78, 5) is 6.48. The maximum Gasteiger partial charge on any atom is 0.257 e. The van der Waals surface area contributed by atoms with Crippen LogP contribution in [0.5, 0.6) is 5.75 Å². The van der Waals surface area contributed by atoms with Crippen LogP contribution < -0.4 is 20.1 Å². The molecular weight excluding hydrogens is 564 g/mol. The zero-order chi connectivity index (χ0) is 28.8. The maximum absolute atomic E-state index is 14.3. The number of nitrogens with one attached hydrogen (secondary N) is 3. The number of halogens is 6. The third-order valence-electron chi connectivity index (χ3n) is 5.12. The minimum Gasteiger partial charge on any atom is -0.588 e. The first-order valence-electron chi connectivity index (χ1n) is 11.3. The predicted molar refractivity (Wildman–Crippen MR) is 135 cm³/mol. The molecule has 0 aliphatic carbocycles. The number of anilines is 5. The van der Waals surface area contributed by atoms with Crippen LogP contribution in [0.25, 0.3) is 0 Å². The van der Waals surface area contributed by atoms with Crippen molar-refractivity contribution in [1.82, 2.24) is 9.97 Å². The standard InChI is InChI=1S/C25H19F6N5O3S/c1-38-10-11-39-16-8-6-14(7-9-16)34-25-32-12-17(26)24(35-25)33-13-2-4-15(5-3-13)36-40(37)23-21(30)19(28)18(27)20(29)22(23)31/h2-9,12,36H,10-11H2,1H3,(H2,32,33,34,35). The lowest BCUT2D eigenvalue weighted by Gasteiger charge is -2.14. The van der Waals surface area contributed by atoms with E-state index in [4.69, 9.17) is 9.47 Å². The average Bonchev–Trinajstić information content (AvgIpc) is 2.95. The molecule has 0 amide bonds. The lowest BCUT2D eigenvalue weighted by molar-refractivity contribution is 0.146. The third-order valence-corrected chi connectivity index (χ3v) is 6.27. The van der Waals surface area contributed by atoms with Gasteiger partial charge in [0.1, 0.15) is 23.7 Å². The molecule has 210 valence electrons. The smallest absolute Gasteiger partial charge is 0.257 e. The van der Waals surface area contributed by atoms with Gasteiger partial charge in [-0.25, -0.2) is 27.3 Å². The Morgan fingerprint density at radius 3 is 1.93 bits per heavy atom. The van der Waals surface area contributed by atoms with Crippen molar-refractivity contribution in [1.29, 1.82) is 0 Å². The number of hydrogen-bond donors (Lipinski definition) is 3. The second-order valence-corrected chi connectivity index (χ2v) is 9.00. The Hall–Kier alpha value is -4.21. The molecule has 3 aromatic carbocycles. The van der Waals surface area contributed by atoms with Crippen molar-refractivity contribution in [3.8, 4) is 5.75 Å². The highest BCUT2D eigenvalue weighted by molar-refractivity contribution is 7.92. The number of hydrogen-bond acceptors (Lipinski definition) is 8. The number of nitrogens with zero attached hydrogens (tertiary/aromatic N) is 2. The van der Waals surface area contributed by atoms with Gasteiger partial charge >= 0.3 is 0 Å². The zero-order valence-corrected chi connectivity index (χ0v) is 21.2. The number of ether oxygens (including phenoxy) is 2. The maximum atomic E-state index is 14.3. The Labute approximate surface area is 226 Å². The van der Waals surface area contributed by atoms with Gasteiger partial charge in [0, 0.05) is 18.5 Å². The molecule has 4 rings (SSSR count). The summed E-state index contributed by atoms with van der Waals surface area (Å²) < 4.78 is 107. The van der Waals surface area contributed by atoms with Crippen LogP contribution in [0.3, 0.4) is 0 Å². The summed E-state index contributed by atoms with van der Waals surface area (Å²) in [6.07, 6.45) is 0.947. The van der Waals surface area contributed by atoms with E-state index in [1.165, 1.54) is 24.3 Å². The normalized spacial score (nSPS) is 11.7. The average molecular weight is 584 g/mol. The number of methoxy groups -OCH3 is 1. The van der Waals surface area contributed by atoms with E-state index >= 15 is 0 Å². The van der Waals surface area contributed by atoms with Crippen molar-refractivity contribution in [2.75, 3.05) is 35.7 Å². The molecule has 0 radical (unpaired) electrons. The summed E-state index contributed by atoms with van der Waals surface area (Å²) in [6.45, 7) is 0.829. The SMILES string of the molecule is COCCOc1ccc(Nc2ncc(F)c(Nc3ccc(N[S+]([O-])c4c(F)c(F)c(F)c(F)c4F)cc3)n2)cc1. The molecule has 1 unspecified atom stereocenters. The van der Waals surface area contributed by atoms with E-state index in [2.05, 4.69) is 25.3 Å². The largest absolute Gasteiger partial charge is 0.588 e. The molecule has 0 saturated heterocycles. The molecule has 0 fully saturated rings. The van der Waals surface area contributed by atoms with Crippen molar-refractivity contribution >= 4 is 40.2 Å². The van der Waals surface area contributed by atoms with E-state index in [0.717, 1.165) is 6.20 Å². The fourth-order valence-corrected chi connectivity index (χ4v) is 4.14. The van der Waals surface area contributed by atoms with E-state index in [0.29, 0.717) is 30.3 Å². The summed E-state index contributed by atoms with van der Waals surface area (Å²) >= 11 is -2.83. The molecule has 3 N–H and O–H groups in total. The molecule has 15 heteroatoms. The van der Waals surface area contributed by atoms with E-state index in [-0.39, 0.29) is 17.5 Å². The predicted octanol–water partition coefficient (Wildman–Crippen LogP) is 5.96. The minimum absolute atomic E-state index is 0.00739. The first-order valence-corrected chi connectivity index (χ1v) is 12.4. The summed E-state index contributed by atoms with van der Waals surface area (Å²) in [5, 5.41) is 5.65. The Morgan fingerprint density at radius 2 is 1.30 bits per heavy atom. The van der Waals surface area contributed by atoms with Crippen LogP contribution >= 0.6 is 0 Å². The number of aromatic nitrogens is 2. The lowest BCUT2D eigenvalue weighted by atomic mass is 10.3. The van der Waals surface area contributed by atoms with Gasteiger partial charge in [-0.2, -0.15) is 13.8 Å². The van der Waals surface area contributed by atoms with E-state index in [9.17, 15) is 30.9 Å². The van der Waals surface area contributed by atoms with Crippen molar-refractivity contribution in [2.45, 2.75) is 4.90 Å². The zero-order valence-electron chi connectivity index (χ0n) is 20.4. The van der Waals surface area contributed by atoms with Crippen LogP contribution in [0.4, 0.5) is 55.2 Å². The van der Waals surface area contributed by atoms with E-state index in [1.54, 1.807) is 31.4 Å². The van der Waals surface area contributed by atoms with Crippen LogP contribution in [0.2, 0.25) is 0 Å². The third kappa shape index (κ3) is 6.67. The minimum atomic E-state index is -2.83. The quantitative estimate of drug-likeness (QED) is 0.0654. The van der Waals surface area contributed by atoms with Gasteiger partial charge in [0.15, 0.2) is 11.6 Å². The van der Waals surface area contributed by atoms with Gasteiger partial charge in [-0.3, -0.25) is 0 Å². The molecular formula is C25H19F6N5O3S. The monoisotopic (exact) mass is 583 g/mol. The van der Waals surface area contributed by atoms with E-state index in [1.807, 2.05) is 0 Å². The molecule has 40 heavy (non-hydrogen) atoms. The molecule has 1 heterocycles. The van der Waals surface area contributed by atoms with Gasteiger partial charge in [-0.1, -0.05) is 0 Å². The highest BCUT2D eigenvalue weighted by atomic mass is 32.2. The Kier molecular flexibility index (Phi) is 9.19. The lowest BCUT2D eigenvalue weighted by Crippen LogP contribution is -2.19. The first-order chi connectivity index (χ1) is 19.2. The van der Waals surface area contributed by atoms with Crippen LogP contribution in [-0.4, -0.2) is 34.8 Å². The molecule has 0 aliphatic heterocycles. The van der Waals surface area contributed by atoms with Gasteiger partial charge in [0.05, 0.1) is 18.5 Å². The highest BCUT2D eigenvalue weighted by Crippen LogP contribution is 2.29. The Morgan fingerprint density at radius 1 is 0.750 bits per heavy atom. The molecule has 1 aromatic heterocycles. The van der Waals surface area contributed by atoms with Crippen LogP contribution in [-0.2, 0) is 16.1 Å². The molecule has 8 nitrogen and oxygen atoms in total. The summed E-state index contributed by atoms with van der Waals surface area (Å²) in [5.41, 5.74) is 0.913. The number of rotatable bonds is 11. The fourth-order valence-electron chi connectivity index (χ4n) is 3.19. The van der Waals surface area contributed by atoms with Gasteiger partial charge in [0.2, 0.25) is 35.0 Å². The first kappa shape index (κ1) is 28.8. The summed E-state index contributed by atoms with van der Waals surface area (Å²) in [7, 11) is 1.57. The molecule has 0 spiro atoms. The van der Waals surface area contributed by atoms with Crippen molar-refractivity contribution in [2.24, 2.45) is 0 Å². The molecule has 1 atom stereocenters. The molecule has 0 bridgehead atoms. The van der Waals surface area contributed by atoms with Crippen LogP contribution in [0, 0.1) is 34.9 Å². The molecule has 4 aromatic rings.